The molecule has 0 radical (unpaired) electrons. The van der Waals surface area contributed by atoms with Crippen LogP contribution in [0, 0.1) is 11.8 Å². The zero-order valence-electron chi connectivity index (χ0n) is 28.8. The summed E-state index contributed by atoms with van der Waals surface area (Å²) in [6, 6.07) is 41.7. The molecule has 0 amide bonds. The molecule has 0 spiro atoms. The largest absolute Gasteiger partial charge is 0.465 e. The smallest absolute Gasteiger partial charge is 0.325 e. The molecule has 4 fully saturated rings. The lowest BCUT2D eigenvalue weighted by Gasteiger charge is -2.28. The first-order chi connectivity index (χ1) is 24.6. The maximum Gasteiger partial charge on any atom is 0.325 e. The average molecular weight is 675 g/mol. The number of hydrogen-bond donors (Lipinski definition) is 0. The number of hydrogen-bond acceptors (Lipinski definition) is 8. The van der Waals surface area contributed by atoms with Crippen molar-refractivity contribution in [3.63, 3.8) is 0 Å². The summed E-state index contributed by atoms with van der Waals surface area (Å²) >= 11 is 0. The molecule has 4 aliphatic heterocycles. The lowest BCUT2D eigenvalue weighted by Crippen LogP contribution is -2.35. The quantitative estimate of drug-likeness (QED) is 0.132. The molecule has 50 heavy (non-hydrogen) atoms. The summed E-state index contributed by atoms with van der Waals surface area (Å²) in [6.07, 6.45) is 0. The molecule has 0 aliphatic carbocycles. The van der Waals surface area contributed by atoms with Crippen molar-refractivity contribution in [1.82, 2.24) is 9.80 Å². The van der Waals surface area contributed by atoms with Crippen molar-refractivity contribution in [1.29, 1.82) is 0 Å². The van der Waals surface area contributed by atoms with Gasteiger partial charge in [-0.2, -0.15) is 0 Å². The molecule has 260 valence electrons. The summed E-state index contributed by atoms with van der Waals surface area (Å²) in [7, 11) is 0. The van der Waals surface area contributed by atoms with E-state index in [4.69, 9.17) is 18.9 Å². The molecular formula is C42H46N2O6. The lowest BCUT2D eigenvalue weighted by atomic mass is 9.97. The van der Waals surface area contributed by atoms with Gasteiger partial charge in [-0.3, -0.25) is 19.4 Å². The fraction of sp³-hybridized carbons (Fsp3) is 0.381. The second kappa shape index (κ2) is 15.7. The highest BCUT2D eigenvalue weighted by Crippen LogP contribution is 2.49. The first-order valence-corrected chi connectivity index (χ1v) is 17.9. The number of rotatable bonds is 12. The van der Waals surface area contributed by atoms with Gasteiger partial charge in [0.15, 0.2) is 0 Å². The van der Waals surface area contributed by atoms with Crippen molar-refractivity contribution >= 4 is 11.9 Å². The molecule has 0 bridgehead atoms. The van der Waals surface area contributed by atoms with Gasteiger partial charge in [0.05, 0.1) is 51.7 Å². The molecule has 4 saturated heterocycles. The molecule has 8 heteroatoms. The van der Waals surface area contributed by atoms with Crippen molar-refractivity contribution in [3.05, 3.63) is 144 Å². The minimum atomic E-state index is -0.181. The molecule has 1 unspecified atom stereocenters. The third kappa shape index (κ3) is 7.12. The Labute approximate surface area is 294 Å². The third-order valence-electron chi connectivity index (χ3n) is 10.2. The summed E-state index contributed by atoms with van der Waals surface area (Å²) in [6.45, 7) is 7.47. The number of esters is 2. The summed E-state index contributed by atoms with van der Waals surface area (Å²) < 4.78 is 21.5. The van der Waals surface area contributed by atoms with Gasteiger partial charge in [-0.25, -0.2) is 0 Å². The third-order valence-corrected chi connectivity index (χ3v) is 10.2. The number of carbonyl (C=O) groups is 2. The second-order valence-electron chi connectivity index (χ2n) is 13.3. The SMILES string of the molecule is CCOC(=O)[C@@H]1[C@@H](C2COC2)N1C(c1ccccc1)c1ccccc1.CCOC(=O)[C@H]1[C@H](C2COC2)[N@@]1C(c1ccccc1)c1ccccc1. The van der Waals surface area contributed by atoms with E-state index in [1.54, 1.807) is 0 Å². The fourth-order valence-corrected chi connectivity index (χ4v) is 7.70. The molecule has 4 aliphatic rings. The van der Waals surface area contributed by atoms with Crippen LogP contribution in [-0.2, 0) is 28.5 Å². The first-order valence-electron chi connectivity index (χ1n) is 17.9. The Morgan fingerprint density at radius 2 is 0.820 bits per heavy atom. The Hall–Kier alpha value is -4.34. The normalized spacial score (nSPS) is 25.4. The van der Waals surface area contributed by atoms with Crippen molar-refractivity contribution in [2.75, 3.05) is 39.6 Å². The van der Waals surface area contributed by atoms with E-state index >= 15 is 0 Å². The first kappa shape index (κ1) is 34.1. The Balaban J connectivity index is 0.000000157. The van der Waals surface area contributed by atoms with Crippen LogP contribution in [0.4, 0.5) is 0 Å². The monoisotopic (exact) mass is 674 g/mol. The van der Waals surface area contributed by atoms with Crippen LogP contribution in [0.3, 0.4) is 0 Å². The topological polar surface area (TPSA) is 77.1 Å². The lowest BCUT2D eigenvalue weighted by molar-refractivity contribution is -0.144. The minimum Gasteiger partial charge on any atom is -0.465 e. The van der Waals surface area contributed by atoms with Gasteiger partial charge in [-0.15, -0.1) is 0 Å². The highest BCUT2D eigenvalue weighted by molar-refractivity contribution is 5.81. The molecule has 4 heterocycles. The van der Waals surface area contributed by atoms with Crippen molar-refractivity contribution < 1.29 is 28.5 Å². The zero-order valence-corrected chi connectivity index (χ0v) is 28.8. The van der Waals surface area contributed by atoms with Gasteiger partial charge in [0.1, 0.15) is 12.1 Å². The predicted octanol–water partition coefficient (Wildman–Crippen LogP) is 6.08. The van der Waals surface area contributed by atoms with Crippen molar-refractivity contribution in [2.45, 2.75) is 50.1 Å². The molecule has 0 aromatic heterocycles. The summed E-state index contributed by atoms with van der Waals surface area (Å²) in [5.74, 6) is 0.584. The molecular weight excluding hydrogens is 628 g/mol. The number of ether oxygens (including phenoxy) is 4. The Morgan fingerprint density at radius 3 is 1.04 bits per heavy atom. The summed E-state index contributed by atoms with van der Waals surface area (Å²) in [5, 5.41) is 0. The van der Waals surface area contributed by atoms with Crippen LogP contribution in [0.5, 0.6) is 0 Å². The molecule has 6 atom stereocenters. The van der Waals surface area contributed by atoms with Crippen LogP contribution in [0.15, 0.2) is 121 Å². The van der Waals surface area contributed by atoms with Crippen LogP contribution in [0.25, 0.3) is 0 Å². The van der Waals surface area contributed by atoms with Crippen LogP contribution in [0.1, 0.15) is 48.2 Å². The Bertz CT molecular complexity index is 1480. The zero-order chi connectivity index (χ0) is 34.5. The maximum absolute atomic E-state index is 12.5. The van der Waals surface area contributed by atoms with Crippen LogP contribution in [0.2, 0.25) is 0 Å². The van der Waals surface area contributed by atoms with E-state index in [0.717, 1.165) is 26.4 Å². The van der Waals surface area contributed by atoms with E-state index < -0.39 is 0 Å². The van der Waals surface area contributed by atoms with E-state index in [0.29, 0.717) is 25.0 Å². The average Bonchev–Trinajstić information content (AvgIpc) is 4.01. The Morgan fingerprint density at radius 1 is 0.540 bits per heavy atom. The van der Waals surface area contributed by atoms with Gasteiger partial charge in [0, 0.05) is 23.9 Å². The van der Waals surface area contributed by atoms with Gasteiger partial charge in [0.25, 0.3) is 0 Å². The number of nitrogens with zero attached hydrogens (tertiary/aromatic N) is 2. The van der Waals surface area contributed by atoms with Gasteiger partial charge in [-0.05, 0) is 36.1 Å². The van der Waals surface area contributed by atoms with Crippen LogP contribution in [-0.4, -0.2) is 85.5 Å². The van der Waals surface area contributed by atoms with Crippen LogP contribution < -0.4 is 0 Å². The van der Waals surface area contributed by atoms with Gasteiger partial charge in [-0.1, -0.05) is 121 Å². The van der Waals surface area contributed by atoms with E-state index in [2.05, 4.69) is 107 Å². The van der Waals surface area contributed by atoms with Crippen LogP contribution >= 0.6 is 0 Å². The molecule has 4 aromatic rings. The summed E-state index contributed by atoms with van der Waals surface area (Å²) in [4.78, 5) is 29.7. The Kier molecular flexibility index (Phi) is 10.7. The minimum absolute atomic E-state index is 0.0578. The van der Waals surface area contributed by atoms with E-state index in [1.807, 2.05) is 38.1 Å². The predicted molar refractivity (Wildman–Crippen MR) is 190 cm³/mol. The van der Waals surface area contributed by atoms with Crippen molar-refractivity contribution in [2.24, 2.45) is 11.8 Å². The van der Waals surface area contributed by atoms with Gasteiger partial charge < -0.3 is 18.9 Å². The standard InChI is InChI=1S/2C21H23NO3/c2*1-2-25-21(23)20-19(17-13-24-14-17)22(20)18(15-9-5-3-6-10-15)16-11-7-4-8-12-16/h2*3-12,17-20H,2,13-14H2,1H3/t19-,20+,22?;19-,20+,22+/m10/s1. The molecule has 8 rings (SSSR count). The number of benzene rings is 4. The van der Waals surface area contributed by atoms with E-state index in [1.165, 1.54) is 22.3 Å². The second-order valence-corrected chi connectivity index (χ2v) is 13.3. The highest BCUT2D eigenvalue weighted by atomic mass is 16.5. The van der Waals surface area contributed by atoms with E-state index in [-0.39, 0.29) is 48.2 Å². The highest BCUT2D eigenvalue weighted by Gasteiger charge is 2.62. The molecule has 8 nitrogen and oxygen atoms in total. The molecule has 4 aromatic carbocycles. The van der Waals surface area contributed by atoms with Crippen molar-refractivity contribution in [3.8, 4) is 0 Å². The maximum atomic E-state index is 12.5. The number of carbonyl (C=O) groups excluding carboxylic acids is 2. The molecule has 0 saturated carbocycles. The molecule has 0 N–H and O–H groups in total. The van der Waals surface area contributed by atoms with Gasteiger partial charge >= 0.3 is 11.9 Å². The van der Waals surface area contributed by atoms with Gasteiger partial charge in [0.2, 0.25) is 0 Å². The van der Waals surface area contributed by atoms with E-state index in [9.17, 15) is 9.59 Å². The summed E-state index contributed by atoms with van der Waals surface area (Å²) in [5.41, 5.74) is 4.80. The fourth-order valence-electron chi connectivity index (χ4n) is 7.70.